The smallest absolute Gasteiger partial charge is 0.0885 e. The lowest BCUT2D eigenvalue weighted by Gasteiger charge is -2.33. The van der Waals surface area contributed by atoms with Crippen LogP contribution < -0.4 is 0 Å². The van der Waals surface area contributed by atoms with Crippen LogP contribution in [0, 0.1) is 5.21 Å². The SMILES string of the molecule is C=C[N+]1([O-])CCCC1. The highest BCUT2D eigenvalue weighted by atomic mass is 16.5. The lowest BCUT2D eigenvalue weighted by atomic mass is 10.4. The molecule has 2 heteroatoms. The molecular weight excluding hydrogens is 102 g/mol. The topological polar surface area (TPSA) is 23.1 Å². The number of hydrogen-bond acceptors (Lipinski definition) is 1. The fraction of sp³-hybridized carbons (Fsp3) is 0.667. The van der Waals surface area contributed by atoms with Crippen molar-refractivity contribution in [2.24, 2.45) is 0 Å². The Bertz CT molecular complexity index is 94.7. The summed E-state index contributed by atoms with van der Waals surface area (Å²) in [7, 11) is 0. The minimum Gasteiger partial charge on any atom is -0.628 e. The maximum absolute atomic E-state index is 11.1. The molecule has 1 aliphatic heterocycles. The van der Waals surface area contributed by atoms with Gasteiger partial charge in [-0.25, -0.2) is 0 Å². The zero-order valence-electron chi connectivity index (χ0n) is 4.97. The maximum Gasteiger partial charge on any atom is 0.0885 e. The van der Waals surface area contributed by atoms with Crippen LogP contribution in [-0.2, 0) is 0 Å². The van der Waals surface area contributed by atoms with Gasteiger partial charge in [-0.3, -0.25) is 0 Å². The van der Waals surface area contributed by atoms with E-state index in [-0.39, 0.29) is 4.65 Å². The Labute approximate surface area is 49.6 Å². The van der Waals surface area contributed by atoms with Crippen molar-refractivity contribution in [2.45, 2.75) is 12.8 Å². The summed E-state index contributed by atoms with van der Waals surface area (Å²) in [4.78, 5) is 0. The van der Waals surface area contributed by atoms with Crippen LogP contribution in [-0.4, -0.2) is 17.7 Å². The van der Waals surface area contributed by atoms with Gasteiger partial charge in [0, 0.05) is 12.8 Å². The fourth-order valence-corrected chi connectivity index (χ4v) is 1.05. The molecule has 0 aromatic rings. The Kier molecular flexibility index (Phi) is 1.36. The number of hydrogen-bond donors (Lipinski definition) is 0. The molecule has 0 spiro atoms. The number of likely N-dealkylation sites (tertiary alicyclic amines) is 1. The van der Waals surface area contributed by atoms with Crippen molar-refractivity contribution in [3.05, 3.63) is 18.0 Å². The molecule has 0 unspecified atom stereocenters. The molecule has 1 rings (SSSR count). The number of hydroxylamine groups is 3. The summed E-state index contributed by atoms with van der Waals surface area (Å²) in [5.41, 5.74) is 0. The normalized spacial score (nSPS) is 25.6. The molecule has 0 bridgehead atoms. The second kappa shape index (κ2) is 1.88. The quantitative estimate of drug-likeness (QED) is 0.370. The largest absolute Gasteiger partial charge is 0.628 e. The first kappa shape index (κ1) is 5.79. The van der Waals surface area contributed by atoms with Crippen LogP contribution in [0.4, 0.5) is 0 Å². The average molecular weight is 113 g/mol. The van der Waals surface area contributed by atoms with Crippen molar-refractivity contribution in [3.63, 3.8) is 0 Å². The minimum atomic E-state index is -0.167. The Balaban J connectivity index is 2.52. The third-order valence-corrected chi connectivity index (χ3v) is 1.66. The first-order valence-corrected chi connectivity index (χ1v) is 2.98. The molecule has 1 heterocycles. The Morgan fingerprint density at radius 2 is 1.88 bits per heavy atom. The molecule has 0 saturated carbocycles. The highest BCUT2D eigenvalue weighted by Gasteiger charge is 2.18. The van der Waals surface area contributed by atoms with E-state index in [4.69, 9.17) is 0 Å². The fourth-order valence-electron chi connectivity index (χ4n) is 1.05. The number of quaternary nitrogens is 1. The second-order valence-corrected chi connectivity index (χ2v) is 2.29. The van der Waals surface area contributed by atoms with Gasteiger partial charge in [0.05, 0.1) is 19.3 Å². The Morgan fingerprint density at radius 1 is 1.38 bits per heavy atom. The van der Waals surface area contributed by atoms with Crippen LogP contribution in [0.3, 0.4) is 0 Å². The number of rotatable bonds is 1. The molecule has 8 heavy (non-hydrogen) atoms. The molecule has 1 fully saturated rings. The third kappa shape index (κ3) is 0.904. The van der Waals surface area contributed by atoms with Gasteiger partial charge >= 0.3 is 0 Å². The van der Waals surface area contributed by atoms with Crippen LogP contribution in [0.2, 0.25) is 0 Å². The van der Waals surface area contributed by atoms with E-state index < -0.39 is 0 Å². The molecule has 0 radical (unpaired) electrons. The average Bonchev–Trinajstić information content (AvgIpc) is 2.17. The first-order chi connectivity index (χ1) is 3.77. The van der Waals surface area contributed by atoms with Crippen LogP contribution in [0.1, 0.15) is 12.8 Å². The third-order valence-electron chi connectivity index (χ3n) is 1.66. The van der Waals surface area contributed by atoms with Gasteiger partial charge in [-0.05, 0) is 6.58 Å². The van der Waals surface area contributed by atoms with Crippen LogP contribution in [0.5, 0.6) is 0 Å². The van der Waals surface area contributed by atoms with E-state index in [0.717, 1.165) is 25.9 Å². The minimum absolute atomic E-state index is 0.167. The second-order valence-electron chi connectivity index (χ2n) is 2.29. The zero-order valence-corrected chi connectivity index (χ0v) is 4.97. The van der Waals surface area contributed by atoms with Gasteiger partial charge in [0.25, 0.3) is 0 Å². The van der Waals surface area contributed by atoms with Crippen molar-refractivity contribution < 1.29 is 4.65 Å². The monoisotopic (exact) mass is 113 g/mol. The molecule has 0 amide bonds. The summed E-state index contributed by atoms with van der Waals surface area (Å²) in [5.74, 6) is 0. The summed E-state index contributed by atoms with van der Waals surface area (Å²) in [5, 5.41) is 11.1. The molecule has 0 atom stereocenters. The van der Waals surface area contributed by atoms with Gasteiger partial charge in [0.1, 0.15) is 0 Å². The van der Waals surface area contributed by atoms with Crippen LogP contribution in [0.25, 0.3) is 0 Å². The van der Waals surface area contributed by atoms with Crippen molar-refractivity contribution in [1.82, 2.24) is 0 Å². The molecule has 0 aliphatic carbocycles. The molecule has 0 aromatic heterocycles. The van der Waals surface area contributed by atoms with Gasteiger partial charge in [0.2, 0.25) is 0 Å². The van der Waals surface area contributed by atoms with Crippen molar-refractivity contribution in [3.8, 4) is 0 Å². The highest BCUT2D eigenvalue weighted by Crippen LogP contribution is 2.16. The van der Waals surface area contributed by atoms with E-state index in [1.807, 2.05) is 0 Å². The number of nitrogens with zero attached hydrogens (tertiary/aromatic N) is 1. The summed E-state index contributed by atoms with van der Waals surface area (Å²) in [6, 6.07) is 0. The molecule has 1 aliphatic rings. The molecule has 0 aromatic carbocycles. The summed E-state index contributed by atoms with van der Waals surface area (Å²) < 4.78 is -0.167. The molecule has 2 nitrogen and oxygen atoms in total. The lowest BCUT2D eigenvalue weighted by molar-refractivity contribution is -0.815. The van der Waals surface area contributed by atoms with Crippen LogP contribution >= 0.6 is 0 Å². The van der Waals surface area contributed by atoms with Gasteiger partial charge in [-0.15, -0.1) is 0 Å². The first-order valence-electron chi connectivity index (χ1n) is 2.98. The van der Waals surface area contributed by atoms with E-state index in [2.05, 4.69) is 6.58 Å². The summed E-state index contributed by atoms with van der Waals surface area (Å²) >= 11 is 0. The zero-order chi connectivity index (χ0) is 6.04. The highest BCUT2D eigenvalue weighted by molar-refractivity contribution is 4.63. The molecular formula is C6H11NO. The maximum atomic E-state index is 11.1. The van der Waals surface area contributed by atoms with E-state index >= 15 is 0 Å². The van der Waals surface area contributed by atoms with Gasteiger partial charge < -0.3 is 9.85 Å². The van der Waals surface area contributed by atoms with E-state index in [1.54, 1.807) is 0 Å². The van der Waals surface area contributed by atoms with E-state index in [0.29, 0.717) is 0 Å². The van der Waals surface area contributed by atoms with Crippen molar-refractivity contribution >= 4 is 0 Å². The summed E-state index contributed by atoms with van der Waals surface area (Å²) in [6.07, 6.45) is 3.62. The molecule has 46 valence electrons. The summed E-state index contributed by atoms with van der Waals surface area (Å²) in [6.45, 7) is 4.95. The van der Waals surface area contributed by atoms with Gasteiger partial charge in [0.15, 0.2) is 0 Å². The predicted molar refractivity (Wildman–Crippen MR) is 32.8 cm³/mol. The standard InChI is InChI=1S/C6H11NO/c1-2-7(8)5-3-4-6-7/h2H,1,3-6H2. The van der Waals surface area contributed by atoms with E-state index in [9.17, 15) is 5.21 Å². The van der Waals surface area contributed by atoms with Gasteiger partial charge in [-0.2, -0.15) is 0 Å². The van der Waals surface area contributed by atoms with Crippen molar-refractivity contribution in [2.75, 3.05) is 13.1 Å². The predicted octanol–water partition coefficient (Wildman–Crippen LogP) is 1.24. The van der Waals surface area contributed by atoms with Gasteiger partial charge in [-0.1, -0.05) is 0 Å². The van der Waals surface area contributed by atoms with Crippen molar-refractivity contribution in [1.29, 1.82) is 0 Å². The Hall–Kier alpha value is -0.340. The Morgan fingerprint density at radius 3 is 2.12 bits per heavy atom. The van der Waals surface area contributed by atoms with E-state index in [1.165, 1.54) is 6.20 Å². The molecule has 1 saturated heterocycles. The van der Waals surface area contributed by atoms with Crippen LogP contribution in [0.15, 0.2) is 12.8 Å². The molecule has 0 N–H and O–H groups in total. The lowest BCUT2D eigenvalue weighted by Crippen LogP contribution is -2.31.